The predicted octanol–water partition coefficient (Wildman–Crippen LogP) is 1.68. The fraction of sp³-hybridized carbons (Fsp3) is 0.500. The van der Waals surface area contributed by atoms with E-state index < -0.39 is 25.1 Å². The van der Waals surface area contributed by atoms with E-state index in [0.717, 1.165) is 11.1 Å². The normalized spacial score (nSPS) is 28.7. The molecule has 2 amide bonds. The summed E-state index contributed by atoms with van der Waals surface area (Å²) in [5.74, 6) is -1.34. The number of aromatic hydroxyl groups is 1. The summed E-state index contributed by atoms with van der Waals surface area (Å²) in [7, 11) is 3.34. The zero-order valence-corrected chi connectivity index (χ0v) is 19.1. The third-order valence-corrected chi connectivity index (χ3v) is 7.22. The van der Waals surface area contributed by atoms with Crippen LogP contribution < -0.4 is 4.74 Å². The number of carbonyl (C=O) groups is 2. The van der Waals surface area contributed by atoms with Crippen molar-refractivity contribution >= 4 is 41.5 Å². The molecule has 2 fully saturated rings. The number of likely N-dealkylation sites (tertiary alicyclic amines) is 1. The predicted molar refractivity (Wildman–Crippen MR) is 116 cm³/mol. The number of nitrogens with zero attached hydrogens (tertiary/aromatic N) is 1. The van der Waals surface area contributed by atoms with E-state index in [-0.39, 0.29) is 30.1 Å². The first-order chi connectivity index (χ1) is 14.3. The Morgan fingerprint density at radius 2 is 2.00 bits per heavy atom. The number of rotatable bonds is 4. The standard InChI is InChI=1S/C20H23BINO7/c1-23-19(25)12-4-10(8-28-2)17-11(16(12)20(23)26)7-14(30-21(17)27)9-5-13(22)18(24)15(6-9)29-3/h5-6,11-12,14,16,24,27H,4,7-8H2,1-3H3/t11-,12-,14-,16+/m0/s1. The summed E-state index contributed by atoms with van der Waals surface area (Å²) >= 11 is 2.01. The van der Waals surface area contributed by atoms with Gasteiger partial charge in [-0.05, 0) is 70.1 Å². The minimum absolute atomic E-state index is 0.0390. The van der Waals surface area contributed by atoms with Crippen molar-refractivity contribution in [1.82, 2.24) is 4.90 Å². The number of ether oxygens (including phenoxy) is 2. The summed E-state index contributed by atoms with van der Waals surface area (Å²) in [4.78, 5) is 26.8. The minimum atomic E-state index is -1.20. The van der Waals surface area contributed by atoms with Crippen LogP contribution in [0.25, 0.3) is 0 Å². The second-order valence-corrected chi connectivity index (χ2v) is 9.10. The van der Waals surface area contributed by atoms with Crippen molar-refractivity contribution in [1.29, 1.82) is 0 Å². The lowest BCUT2D eigenvalue weighted by molar-refractivity contribution is -0.138. The summed E-state index contributed by atoms with van der Waals surface area (Å²) in [6.07, 6.45) is 0.292. The Morgan fingerprint density at radius 3 is 2.67 bits per heavy atom. The molecule has 8 nitrogen and oxygen atoms in total. The van der Waals surface area contributed by atoms with Crippen molar-refractivity contribution in [2.45, 2.75) is 18.9 Å². The number of amides is 2. The molecule has 2 heterocycles. The first-order valence-corrected chi connectivity index (χ1v) is 10.8. The van der Waals surface area contributed by atoms with E-state index in [9.17, 15) is 19.7 Å². The maximum Gasteiger partial charge on any atom is 0.487 e. The van der Waals surface area contributed by atoms with Gasteiger partial charge in [-0.3, -0.25) is 14.5 Å². The number of hydrogen-bond acceptors (Lipinski definition) is 7. The quantitative estimate of drug-likeness (QED) is 0.349. The molecule has 0 spiro atoms. The molecule has 30 heavy (non-hydrogen) atoms. The lowest BCUT2D eigenvalue weighted by Gasteiger charge is -2.42. The fourth-order valence-corrected chi connectivity index (χ4v) is 5.65. The Labute approximate surface area is 188 Å². The highest BCUT2D eigenvalue weighted by atomic mass is 127. The molecule has 160 valence electrons. The molecular weight excluding hydrogens is 504 g/mol. The van der Waals surface area contributed by atoms with Crippen LogP contribution in [-0.2, 0) is 19.0 Å². The van der Waals surface area contributed by atoms with E-state index in [1.807, 2.05) is 22.6 Å². The van der Waals surface area contributed by atoms with Crippen LogP contribution in [-0.4, -0.2) is 61.8 Å². The smallest absolute Gasteiger partial charge is 0.487 e. The summed E-state index contributed by atoms with van der Waals surface area (Å²) in [5, 5.41) is 21.0. The number of carbonyl (C=O) groups excluding carboxylic acids is 2. The van der Waals surface area contributed by atoms with Gasteiger partial charge in [0.1, 0.15) is 0 Å². The molecule has 1 aromatic rings. The lowest BCUT2D eigenvalue weighted by atomic mass is 9.55. The van der Waals surface area contributed by atoms with E-state index >= 15 is 0 Å². The van der Waals surface area contributed by atoms with Gasteiger partial charge < -0.3 is 24.3 Å². The molecule has 4 rings (SSSR count). The summed E-state index contributed by atoms with van der Waals surface area (Å²) in [6.45, 7) is 0.274. The second-order valence-electron chi connectivity index (χ2n) is 7.94. The number of hydrogen-bond donors (Lipinski definition) is 2. The SMILES string of the molecule is COCC1=C2B(O)O[C@H](c3cc(I)c(O)c(OC)c3)C[C@H]2[C@H]2C(=O)N(C)C(=O)[C@H]2C1. The largest absolute Gasteiger partial charge is 0.504 e. The highest BCUT2D eigenvalue weighted by Gasteiger charge is 2.57. The highest BCUT2D eigenvalue weighted by molar-refractivity contribution is 14.1. The number of methoxy groups -OCH3 is 2. The van der Waals surface area contributed by atoms with Gasteiger partial charge in [0.15, 0.2) is 11.5 Å². The summed E-state index contributed by atoms with van der Waals surface area (Å²) in [6, 6.07) is 3.45. The van der Waals surface area contributed by atoms with Gasteiger partial charge in [0.25, 0.3) is 0 Å². The number of imide groups is 1. The maximum atomic E-state index is 12.9. The fourth-order valence-electron chi connectivity index (χ4n) is 5.03. The Kier molecular flexibility index (Phi) is 5.86. The number of phenolic OH excluding ortho intramolecular Hbond substituents is 1. The van der Waals surface area contributed by atoms with Crippen molar-refractivity contribution in [2.24, 2.45) is 17.8 Å². The second kappa shape index (κ2) is 8.14. The number of phenols is 1. The number of benzene rings is 1. The Hall–Kier alpha value is -1.63. The zero-order chi connectivity index (χ0) is 21.7. The van der Waals surface area contributed by atoms with Gasteiger partial charge in [-0.2, -0.15) is 0 Å². The molecule has 0 unspecified atom stereocenters. The molecule has 2 saturated heterocycles. The van der Waals surface area contributed by atoms with Gasteiger partial charge in [0.05, 0.1) is 35.2 Å². The molecule has 0 bridgehead atoms. The van der Waals surface area contributed by atoms with Crippen molar-refractivity contribution in [2.75, 3.05) is 27.9 Å². The molecular formula is C20H23BINO7. The van der Waals surface area contributed by atoms with Crippen LogP contribution in [0.15, 0.2) is 23.2 Å². The molecule has 0 saturated carbocycles. The Morgan fingerprint density at radius 1 is 1.27 bits per heavy atom. The topological polar surface area (TPSA) is 106 Å². The molecule has 3 aliphatic rings. The highest BCUT2D eigenvalue weighted by Crippen LogP contribution is 2.51. The number of allylic oxidation sites excluding steroid dienone is 1. The average molecular weight is 527 g/mol. The third-order valence-electron chi connectivity index (χ3n) is 6.39. The van der Waals surface area contributed by atoms with Crippen LogP contribution in [0.1, 0.15) is 24.5 Å². The zero-order valence-electron chi connectivity index (χ0n) is 16.9. The number of fused-ring (bicyclic) bond motifs is 3. The van der Waals surface area contributed by atoms with Crippen molar-refractivity contribution in [3.63, 3.8) is 0 Å². The molecule has 1 aromatic carbocycles. The van der Waals surface area contributed by atoms with Gasteiger partial charge in [-0.1, -0.05) is 0 Å². The number of halogens is 1. The summed E-state index contributed by atoms with van der Waals surface area (Å²) < 4.78 is 17.1. The van der Waals surface area contributed by atoms with E-state index in [0.29, 0.717) is 27.6 Å². The van der Waals surface area contributed by atoms with Gasteiger partial charge in [0.2, 0.25) is 11.8 Å². The van der Waals surface area contributed by atoms with Gasteiger partial charge in [-0.15, -0.1) is 0 Å². The van der Waals surface area contributed by atoms with Crippen LogP contribution in [0.4, 0.5) is 0 Å². The molecule has 10 heteroatoms. The van der Waals surface area contributed by atoms with E-state index in [2.05, 4.69) is 0 Å². The van der Waals surface area contributed by atoms with Crippen LogP contribution in [0, 0.1) is 21.3 Å². The van der Waals surface area contributed by atoms with Crippen LogP contribution in [0.3, 0.4) is 0 Å². The first-order valence-electron chi connectivity index (χ1n) is 9.70. The monoisotopic (exact) mass is 527 g/mol. The van der Waals surface area contributed by atoms with E-state index in [1.54, 1.807) is 19.2 Å². The maximum absolute atomic E-state index is 12.9. The molecule has 2 aliphatic heterocycles. The molecule has 4 atom stereocenters. The molecule has 2 N–H and O–H groups in total. The molecule has 1 aliphatic carbocycles. The van der Waals surface area contributed by atoms with Crippen LogP contribution in [0.5, 0.6) is 11.5 Å². The minimum Gasteiger partial charge on any atom is -0.504 e. The average Bonchev–Trinajstić information content (AvgIpc) is 2.94. The Balaban J connectivity index is 1.76. The molecule has 0 aromatic heterocycles. The van der Waals surface area contributed by atoms with Crippen molar-refractivity contribution in [3.05, 3.63) is 32.3 Å². The van der Waals surface area contributed by atoms with Gasteiger partial charge in [0, 0.05) is 14.2 Å². The van der Waals surface area contributed by atoms with E-state index in [4.69, 9.17) is 14.1 Å². The van der Waals surface area contributed by atoms with Gasteiger partial charge in [-0.25, -0.2) is 0 Å². The molecule has 0 radical (unpaired) electrons. The summed E-state index contributed by atoms with van der Waals surface area (Å²) in [5.41, 5.74) is 2.21. The van der Waals surface area contributed by atoms with Gasteiger partial charge >= 0.3 is 7.12 Å². The Bertz CT molecular complexity index is 936. The van der Waals surface area contributed by atoms with Crippen molar-refractivity contribution < 1.29 is 33.8 Å². The third kappa shape index (κ3) is 3.33. The van der Waals surface area contributed by atoms with Crippen LogP contribution >= 0.6 is 22.6 Å². The lowest BCUT2D eigenvalue weighted by Crippen LogP contribution is -2.45. The first kappa shape index (κ1) is 21.6. The van der Waals surface area contributed by atoms with Crippen LogP contribution in [0.2, 0.25) is 0 Å². The van der Waals surface area contributed by atoms with E-state index in [1.165, 1.54) is 19.1 Å². The van der Waals surface area contributed by atoms with Crippen molar-refractivity contribution in [3.8, 4) is 11.5 Å².